The molecule has 1 aromatic heterocycles. The highest BCUT2D eigenvalue weighted by Crippen LogP contribution is 2.35. The van der Waals surface area contributed by atoms with Gasteiger partial charge in [0.15, 0.2) is 5.15 Å². The first-order valence-electron chi connectivity index (χ1n) is 5.62. The van der Waals surface area contributed by atoms with E-state index in [1.807, 2.05) is 6.92 Å². The van der Waals surface area contributed by atoms with E-state index in [0.717, 1.165) is 37.4 Å². The predicted molar refractivity (Wildman–Crippen MR) is 68.5 cm³/mol. The van der Waals surface area contributed by atoms with E-state index in [-0.39, 0.29) is 5.15 Å². The summed E-state index contributed by atoms with van der Waals surface area (Å²) in [4.78, 5) is 2.09. The Labute approximate surface area is 110 Å². The lowest BCUT2D eigenvalue weighted by atomic mass is 9.89. The van der Waals surface area contributed by atoms with Gasteiger partial charge in [0, 0.05) is 13.1 Å². The molecule has 0 unspecified atom stereocenters. The Morgan fingerprint density at radius 2 is 2.24 bits per heavy atom. The van der Waals surface area contributed by atoms with Crippen molar-refractivity contribution in [2.75, 3.05) is 18.0 Å². The molecule has 17 heavy (non-hydrogen) atoms. The van der Waals surface area contributed by atoms with Crippen LogP contribution in [0.5, 0.6) is 0 Å². The molecule has 2 heterocycles. The molecule has 0 atom stereocenters. The molecule has 1 saturated heterocycles. The zero-order valence-corrected chi connectivity index (χ0v) is 11.2. The van der Waals surface area contributed by atoms with Crippen LogP contribution in [-0.2, 0) is 0 Å². The molecular weight excluding hydrogens is 258 g/mol. The van der Waals surface area contributed by atoms with Crippen molar-refractivity contribution in [1.29, 1.82) is 5.26 Å². The minimum absolute atomic E-state index is 0.281. The fourth-order valence-corrected chi connectivity index (χ4v) is 3.13. The minimum atomic E-state index is -0.544. The van der Waals surface area contributed by atoms with Crippen molar-refractivity contribution in [3.8, 4) is 6.07 Å². The van der Waals surface area contributed by atoms with Crippen LogP contribution in [0.4, 0.5) is 5.00 Å². The maximum atomic E-state index is 10.1. The zero-order chi connectivity index (χ0) is 12.5. The SMILES string of the molecule is CCC1(O)CCN(c2snc(Cl)c2C#N)CC1. The van der Waals surface area contributed by atoms with Gasteiger partial charge >= 0.3 is 0 Å². The van der Waals surface area contributed by atoms with Gasteiger partial charge in [-0.2, -0.15) is 9.64 Å². The molecule has 0 saturated carbocycles. The van der Waals surface area contributed by atoms with Crippen molar-refractivity contribution < 1.29 is 5.11 Å². The van der Waals surface area contributed by atoms with Crippen LogP contribution in [0.25, 0.3) is 0 Å². The second-order valence-electron chi connectivity index (χ2n) is 4.33. The molecule has 92 valence electrons. The summed E-state index contributed by atoms with van der Waals surface area (Å²) in [6.07, 6.45) is 2.23. The third kappa shape index (κ3) is 2.39. The number of piperidine rings is 1. The number of aliphatic hydroxyl groups is 1. The van der Waals surface area contributed by atoms with Gasteiger partial charge in [-0.25, -0.2) is 0 Å². The van der Waals surface area contributed by atoms with Crippen LogP contribution in [0.15, 0.2) is 0 Å². The van der Waals surface area contributed by atoms with Gasteiger partial charge in [-0.3, -0.25) is 0 Å². The number of halogens is 1. The molecule has 2 rings (SSSR count). The first kappa shape index (κ1) is 12.6. The summed E-state index contributed by atoms with van der Waals surface area (Å²) >= 11 is 7.10. The van der Waals surface area contributed by atoms with E-state index >= 15 is 0 Å². The number of hydrogen-bond acceptors (Lipinski definition) is 5. The second kappa shape index (κ2) is 4.81. The molecule has 1 fully saturated rings. The van der Waals surface area contributed by atoms with E-state index in [4.69, 9.17) is 16.9 Å². The largest absolute Gasteiger partial charge is 0.390 e. The van der Waals surface area contributed by atoms with E-state index in [2.05, 4.69) is 15.3 Å². The highest BCUT2D eigenvalue weighted by Gasteiger charge is 2.32. The normalized spacial score (nSPS) is 19.1. The average Bonchev–Trinajstić information content (AvgIpc) is 2.71. The molecule has 0 aliphatic carbocycles. The quantitative estimate of drug-likeness (QED) is 0.897. The van der Waals surface area contributed by atoms with Crippen LogP contribution >= 0.6 is 23.1 Å². The first-order chi connectivity index (χ1) is 8.09. The number of hydrogen-bond donors (Lipinski definition) is 1. The molecule has 6 heteroatoms. The van der Waals surface area contributed by atoms with Crippen LogP contribution in [0.1, 0.15) is 31.7 Å². The molecular formula is C11H14ClN3OS. The maximum Gasteiger partial charge on any atom is 0.162 e. The van der Waals surface area contributed by atoms with Crippen molar-refractivity contribution >= 4 is 28.1 Å². The van der Waals surface area contributed by atoms with Gasteiger partial charge in [-0.05, 0) is 30.8 Å². The summed E-state index contributed by atoms with van der Waals surface area (Å²) in [5, 5.41) is 20.3. The van der Waals surface area contributed by atoms with Gasteiger partial charge in [0.1, 0.15) is 16.6 Å². The number of anilines is 1. The lowest BCUT2D eigenvalue weighted by molar-refractivity contribution is 0.0127. The highest BCUT2D eigenvalue weighted by atomic mass is 35.5. The molecule has 1 aromatic rings. The van der Waals surface area contributed by atoms with Gasteiger partial charge in [-0.15, -0.1) is 0 Å². The first-order valence-corrected chi connectivity index (χ1v) is 6.77. The molecule has 1 aliphatic heterocycles. The van der Waals surface area contributed by atoms with Gasteiger partial charge < -0.3 is 10.0 Å². The summed E-state index contributed by atoms with van der Waals surface area (Å²) in [5.74, 6) is 0. The lowest BCUT2D eigenvalue weighted by Gasteiger charge is -2.38. The third-order valence-electron chi connectivity index (χ3n) is 3.38. The van der Waals surface area contributed by atoms with E-state index in [1.54, 1.807) is 0 Å². The van der Waals surface area contributed by atoms with Crippen molar-refractivity contribution in [3.05, 3.63) is 10.7 Å². The van der Waals surface area contributed by atoms with Crippen molar-refractivity contribution in [2.45, 2.75) is 31.8 Å². The molecule has 0 radical (unpaired) electrons. The van der Waals surface area contributed by atoms with E-state index in [1.165, 1.54) is 11.5 Å². The summed E-state index contributed by atoms with van der Waals surface area (Å²) in [6, 6.07) is 2.09. The smallest absolute Gasteiger partial charge is 0.162 e. The molecule has 1 aliphatic rings. The Kier molecular flexibility index (Phi) is 3.57. The highest BCUT2D eigenvalue weighted by molar-refractivity contribution is 7.10. The van der Waals surface area contributed by atoms with E-state index in [9.17, 15) is 5.11 Å². The Hall–Kier alpha value is -0.830. The van der Waals surface area contributed by atoms with Gasteiger partial charge in [0.05, 0.1) is 5.60 Å². The molecule has 0 spiro atoms. The molecule has 4 nitrogen and oxygen atoms in total. The Morgan fingerprint density at radius 3 is 2.76 bits per heavy atom. The summed E-state index contributed by atoms with van der Waals surface area (Å²) in [6.45, 7) is 3.50. The van der Waals surface area contributed by atoms with Crippen LogP contribution < -0.4 is 4.90 Å². The van der Waals surface area contributed by atoms with Crippen LogP contribution in [0, 0.1) is 11.3 Å². The van der Waals surface area contributed by atoms with Crippen LogP contribution in [-0.4, -0.2) is 28.2 Å². The summed E-state index contributed by atoms with van der Waals surface area (Å²) in [5.41, 5.74) is -0.0868. The number of nitriles is 1. The number of aromatic nitrogens is 1. The topological polar surface area (TPSA) is 60.1 Å². The lowest BCUT2D eigenvalue weighted by Crippen LogP contribution is -2.43. The van der Waals surface area contributed by atoms with Crippen LogP contribution in [0.2, 0.25) is 5.15 Å². The Morgan fingerprint density at radius 1 is 1.59 bits per heavy atom. The molecule has 0 bridgehead atoms. The minimum Gasteiger partial charge on any atom is -0.390 e. The molecule has 0 aromatic carbocycles. The van der Waals surface area contributed by atoms with Crippen molar-refractivity contribution in [3.63, 3.8) is 0 Å². The Bertz CT molecular complexity index is 446. The van der Waals surface area contributed by atoms with Crippen molar-refractivity contribution in [2.24, 2.45) is 0 Å². The second-order valence-corrected chi connectivity index (χ2v) is 5.44. The van der Waals surface area contributed by atoms with E-state index < -0.39 is 5.60 Å². The predicted octanol–water partition coefficient (Wildman–Crippen LogP) is 2.41. The number of nitrogens with zero attached hydrogens (tertiary/aromatic N) is 3. The monoisotopic (exact) mass is 271 g/mol. The zero-order valence-electron chi connectivity index (χ0n) is 9.61. The summed E-state index contributed by atoms with van der Waals surface area (Å²) < 4.78 is 4.00. The Balaban J connectivity index is 2.14. The molecule has 1 N–H and O–H groups in total. The number of rotatable bonds is 2. The fourth-order valence-electron chi connectivity index (χ4n) is 2.05. The fraction of sp³-hybridized carbons (Fsp3) is 0.636. The van der Waals surface area contributed by atoms with Gasteiger partial charge in [0.2, 0.25) is 0 Å². The van der Waals surface area contributed by atoms with Gasteiger partial charge in [0.25, 0.3) is 0 Å². The van der Waals surface area contributed by atoms with Crippen molar-refractivity contribution in [1.82, 2.24) is 4.37 Å². The standard InChI is InChI=1S/C11H14ClN3OS/c1-2-11(16)3-5-15(6-4-11)10-8(7-13)9(12)14-17-10/h16H,2-6H2,1H3. The summed E-state index contributed by atoms with van der Waals surface area (Å²) in [7, 11) is 0. The van der Waals surface area contributed by atoms with Gasteiger partial charge in [-0.1, -0.05) is 18.5 Å². The molecule has 0 amide bonds. The maximum absolute atomic E-state index is 10.1. The third-order valence-corrected chi connectivity index (χ3v) is 4.67. The average molecular weight is 272 g/mol. The van der Waals surface area contributed by atoms with E-state index in [0.29, 0.717) is 5.56 Å². The van der Waals surface area contributed by atoms with Crippen LogP contribution in [0.3, 0.4) is 0 Å².